The number of nitrogens with one attached hydrogen (secondary N) is 1. The molecule has 0 saturated heterocycles. The summed E-state index contributed by atoms with van der Waals surface area (Å²) in [7, 11) is 0. The first-order chi connectivity index (χ1) is 12.5. The number of nitrogen functional groups attached to an aromatic ring is 1. The van der Waals surface area contributed by atoms with E-state index < -0.39 is 6.09 Å². The Balaban J connectivity index is 2.01. The predicted molar refractivity (Wildman–Crippen MR) is 104 cm³/mol. The maximum Gasteiger partial charge on any atom is 0.411 e. The molecule has 2 heterocycles. The average molecular weight is 374 g/mol. The van der Waals surface area contributed by atoms with Crippen molar-refractivity contribution in [2.45, 2.75) is 13.3 Å². The van der Waals surface area contributed by atoms with Gasteiger partial charge in [0.1, 0.15) is 11.6 Å². The number of ether oxygens (including phenoxy) is 1. The first-order valence-electron chi connectivity index (χ1n) is 8.23. The van der Waals surface area contributed by atoms with Gasteiger partial charge in [0.15, 0.2) is 0 Å². The molecule has 0 unspecified atom stereocenters. The van der Waals surface area contributed by atoms with Crippen molar-refractivity contribution in [2.75, 3.05) is 24.2 Å². The highest BCUT2D eigenvalue weighted by atomic mass is 35.5. The van der Waals surface area contributed by atoms with Crippen molar-refractivity contribution in [1.29, 1.82) is 0 Å². The summed E-state index contributed by atoms with van der Waals surface area (Å²) >= 11 is 6.14. The molecule has 8 heteroatoms. The number of anilines is 2. The largest absolute Gasteiger partial charge is 0.450 e. The minimum atomic E-state index is -0.569. The van der Waals surface area contributed by atoms with Crippen LogP contribution in [0.1, 0.15) is 12.5 Å². The molecule has 136 valence electrons. The molecule has 0 fully saturated rings. The monoisotopic (exact) mass is 373 g/mol. The zero-order valence-electron chi connectivity index (χ0n) is 14.3. The molecule has 0 atom stereocenters. The number of nitrogens with zero attached hydrogens (tertiary/aromatic N) is 2. The molecule has 1 aromatic carbocycles. The van der Waals surface area contributed by atoms with Gasteiger partial charge in [0, 0.05) is 16.6 Å². The number of aromatic nitrogens is 2. The Labute approximate surface area is 155 Å². The van der Waals surface area contributed by atoms with Crippen LogP contribution >= 0.6 is 11.6 Å². The molecule has 0 spiro atoms. The third kappa shape index (κ3) is 3.58. The number of benzene rings is 1. The molecular formula is C18H20ClN5O2. The van der Waals surface area contributed by atoms with E-state index in [9.17, 15) is 4.79 Å². The lowest BCUT2D eigenvalue weighted by molar-refractivity contribution is 0.168. The summed E-state index contributed by atoms with van der Waals surface area (Å²) in [5, 5.41) is 4.26. The van der Waals surface area contributed by atoms with Gasteiger partial charge in [-0.1, -0.05) is 11.6 Å². The maximum absolute atomic E-state index is 11.6. The van der Waals surface area contributed by atoms with E-state index in [4.69, 9.17) is 27.8 Å². The van der Waals surface area contributed by atoms with Crippen molar-refractivity contribution in [3.8, 4) is 5.82 Å². The summed E-state index contributed by atoms with van der Waals surface area (Å²) in [6, 6.07) is 9.14. The van der Waals surface area contributed by atoms with Crippen molar-refractivity contribution in [3.63, 3.8) is 0 Å². The highest BCUT2D eigenvalue weighted by molar-refractivity contribution is 6.31. The molecule has 0 aliphatic heterocycles. The van der Waals surface area contributed by atoms with Crippen LogP contribution in [0.25, 0.3) is 16.7 Å². The van der Waals surface area contributed by atoms with Gasteiger partial charge >= 0.3 is 6.09 Å². The van der Waals surface area contributed by atoms with E-state index in [2.05, 4.69) is 10.3 Å². The van der Waals surface area contributed by atoms with E-state index in [0.717, 1.165) is 22.9 Å². The Bertz CT molecular complexity index is 954. The van der Waals surface area contributed by atoms with Gasteiger partial charge in [-0.15, -0.1) is 0 Å². The zero-order chi connectivity index (χ0) is 18.7. The van der Waals surface area contributed by atoms with Crippen molar-refractivity contribution in [1.82, 2.24) is 9.55 Å². The topological polar surface area (TPSA) is 108 Å². The highest BCUT2D eigenvalue weighted by Gasteiger charge is 2.13. The lowest BCUT2D eigenvalue weighted by Gasteiger charge is -2.10. The molecule has 26 heavy (non-hydrogen) atoms. The van der Waals surface area contributed by atoms with E-state index >= 15 is 0 Å². The first kappa shape index (κ1) is 18.0. The fourth-order valence-electron chi connectivity index (χ4n) is 2.80. The van der Waals surface area contributed by atoms with Crippen LogP contribution in [0, 0.1) is 0 Å². The second kappa shape index (κ2) is 7.63. The second-order valence-corrected chi connectivity index (χ2v) is 6.11. The fourth-order valence-corrected chi connectivity index (χ4v) is 2.97. The Kier molecular flexibility index (Phi) is 5.29. The second-order valence-electron chi connectivity index (χ2n) is 5.67. The van der Waals surface area contributed by atoms with Crippen LogP contribution in [0.4, 0.5) is 16.3 Å². The van der Waals surface area contributed by atoms with Gasteiger partial charge in [-0.25, -0.2) is 9.78 Å². The zero-order valence-corrected chi connectivity index (χ0v) is 15.1. The van der Waals surface area contributed by atoms with Crippen LogP contribution in [-0.4, -0.2) is 28.8 Å². The number of fused-ring (bicyclic) bond motifs is 1. The summed E-state index contributed by atoms with van der Waals surface area (Å²) < 4.78 is 6.78. The van der Waals surface area contributed by atoms with Crippen LogP contribution in [-0.2, 0) is 11.2 Å². The molecule has 0 saturated carbocycles. The van der Waals surface area contributed by atoms with Gasteiger partial charge in [0.25, 0.3) is 0 Å². The number of hydrogen-bond acceptors (Lipinski definition) is 5. The molecule has 2 aromatic heterocycles. The summed E-state index contributed by atoms with van der Waals surface area (Å²) in [6.45, 7) is 2.54. The van der Waals surface area contributed by atoms with E-state index in [1.165, 1.54) is 0 Å². The molecule has 3 aromatic rings. The van der Waals surface area contributed by atoms with Crippen LogP contribution in [0.15, 0.2) is 36.5 Å². The van der Waals surface area contributed by atoms with Crippen LogP contribution < -0.4 is 16.8 Å². The minimum Gasteiger partial charge on any atom is -0.450 e. The normalized spacial score (nSPS) is 10.9. The molecule has 0 radical (unpaired) electrons. The maximum atomic E-state index is 11.6. The van der Waals surface area contributed by atoms with E-state index in [-0.39, 0.29) is 12.4 Å². The molecule has 1 amide bonds. The molecule has 5 N–H and O–H groups in total. The number of pyridine rings is 1. The molecule has 0 bridgehead atoms. The van der Waals surface area contributed by atoms with Crippen molar-refractivity contribution < 1.29 is 9.53 Å². The Morgan fingerprint density at radius 3 is 2.85 bits per heavy atom. The lowest BCUT2D eigenvalue weighted by atomic mass is 10.1. The van der Waals surface area contributed by atoms with Gasteiger partial charge in [-0.2, -0.15) is 0 Å². The van der Waals surface area contributed by atoms with Crippen molar-refractivity contribution in [3.05, 3.63) is 47.1 Å². The van der Waals surface area contributed by atoms with Crippen molar-refractivity contribution >= 4 is 40.1 Å². The Morgan fingerprint density at radius 2 is 2.15 bits per heavy atom. The third-order valence-corrected chi connectivity index (χ3v) is 4.17. The van der Waals surface area contributed by atoms with E-state index in [0.29, 0.717) is 23.1 Å². The number of halogens is 1. The average Bonchev–Trinajstić information content (AvgIpc) is 2.95. The molecule has 0 aliphatic rings. The number of amides is 1. The van der Waals surface area contributed by atoms with Crippen LogP contribution in [0.2, 0.25) is 5.02 Å². The Hall–Kier alpha value is -2.77. The van der Waals surface area contributed by atoms with E-state index in [1.54, 1.807) is 19.1 Å². The number of carbonyl (C=O) groups excluding carboxylic acids is 1. The van der Waals surface area contributed by atoms with E-state index in [1.807, 2.05) is 29.0 Å². The summed E-state index contributed by atoms with van der Waals surface area (Å²) in [6.07, 6.45) is 2.13. The number of carbonyl (C=O) groups is 1. The minimum absolute atomic E-state index is 0.201. The fraction of sp³-hybridized carbons (Fsp3) is 0.222. The van der Waals surface area contributed by atoms with Crippen LogP contribution in [0.5, 0.6) is 0 Å². The van der Waals surface area contributed by atoms with Gasteiger partial charge in [0.05, 0.1) is 17.8 Å². The predicted octanol–water partition coefficient (Wildman–Crippen LogP) is 3.33. The number of rotatable bonds is 5. The summed E-state index contributed by atoms with van der Waals surface area (Å²) in [5.74, 6) is 0.833. The van der Waals surface area contributed by atoms with Crippen LogP contribution in [0.3, 0.4) is 0 Å². The SMILES string of the molecule is CCOC(=O)Nc1ccc(-n2cc(CCN)c3cc(Cl)ccc32)nc1N. The smallest absolute Gasteiger partial charge is 0.411 e. The lowest BCUT2D eigenvalue weighted by Crippen LogP contribution is -2.15. The van der Waals surface area contributed by atoms with Gasteiger partial charge < -0.3 is 20.8 Å². The van der Waals surface area contributed by atoms with Gasteiger partial charge in [-0.05, 0) is 55.8 Å². The molecule has 7 nitrogen and oxygen atoms in total. The van der Waals surface area contributed by atoms with Crippen molar-refractivity contribution in [2.24, 2.45) is 5.73 Å². The molecular weight excluding hydrogens is 354 g/mol. The summed E-state index contributed by atoms with van der Waals surface area (Å²) in [4.78, 5) is 16.0. The molecule has 0 aliphatic carbocycles. The highest BCUT2D eigenvalue weighted by Crippen LogP contribution is 2.28. The first-order valence-corrected chi connectivity index (χ1v) is 8.61. The third-order valence-electron chi connectivity index (χ3n) is 3.93. The number of hydrogen-bond donors (Lipinski definition) is 3. The van der Waals surface area contributed by atoms with Gasteiger partial charge in [-0.3, -0.25) is 5.32 Å². The standard InChI is InChI=1S/C18H20ClN5O2/c1-2-26-18(25)22-14-4-6-16(23-17(14)21)24-10-11(7-8-20)13-9-12(19)3-5-15(13)24/h3-6,9-10H,2,7-8,20H2,1H3,(H2,21,23)(H,22,25). The quantitative estimate of drug-likeness (QED) is 0.635. The number of nitrogens with two attached hydrogens (primary N) is 2. The van der Waals surface area contributed by atoms with Gasteiger partial charge in [0.2, 0.25) is 0 Å². The molecule has 3 rings (SSSR count). The Morgan fingerprint density at radius 1 is 1.35 bits per heavy atom. The summed E-state index contributed by atoms with van der Waals surface area (Å²) in [5.41, 5.74) is 14.2.